The minimum Gasteiger partial charge on any atom is -0.357 e. The van der Waals surface area contributed by atoms with Gasteiger partial charge in [-0.3, -0.25) is 0 Å². The van der Waals surface area contributed by atoms with E-state index < -0.39 is 0 Å². The molecular formula is C8H15N. The smallest absolute Gasteiger partial charge is 0.0106 e. The van der Waals surface area contributed by atoms with Crippen LogP contribution in [-0.4, -0.2) is 4.57 Å². The van der Waals surface area contributed by atoms with E-state index in [1.165, 1.54) is 5.56 Å². The van der Waals surface area contributed by atoms with Crippen LogP contribution in [-0.2, 0) is 13.5 Å². The predicted molar refractivity (Wildman–Crippen MR) is 41.5 cm³/mol. The van der Waals surface area contributed by atoms with E-state index in [2.05, 4.69) is 30.0 Å². The van der Waals surface area contributed by atoms with Crippen LogP contribution >= 0.6 is 0 Å². The summed E-state index contributed by atoms with van der Waals surface area (Å²) < 4.78 is 2.07. The predicted octanol–water partition coefficient (Wildman–Crippen LogP) is 2.22. The number of rotatable bonds is 1. The minimum absolute atomic E-state index is 0. The van der Waals surface area contributed by atoms with Crippen LogP contribution in [0.3, 0.4) is 0 Å². The molecule has 0 fully saturated rings. The topological polar surface area (TPSA) is 4.93 Å². The molecule has 0 aliphatic carbocycles. The normalized spacial score (nSPS) is 8.67. The maximum atomic E-state index is 2.16. The SMILES string of the molecule is C.CCc1ccn(C)c1. The lowest BCUT2D eigenvalue weighted by Gasteiger charge is -1.84. The van der Waals surface area contributed by atoms with Crippen LogP contribution in [0.4, 0.5) is 0 Å². The summed E-state index contributed by atoms with van der Waals surface area (Å²) >= 11 is 0. The summed E-state index contributed by atoms with van der Waals surface area (Å²) in [6.07, 6.45) is 5.35. The van der Waals surface area contributed by atoms with Crippen molar-refractivity contribution in [3.05, 3.63) is 24.0 Å². The van der Waals surface area contributed by atoms with E-state index in [9.17, 15) is 0 Å². The molecule has 9 heavy (non-hydrogen) atoms. The molecule has 0 saturated carbocycles. The molecule has 0 radical (unpaired) electrons. The van der Waals surface area contributed by atoms with Crippen LogP contribution in [0.15, 0.2) is 18.5 Å². The molecule has 0 bridgehead atoms. The van der Waals surface area contributed by atoms with Gasteiger partial charge in [-0.15, -0.1) is 0 Å². The Hall–Kier alpha value is -0.720. The molecule has 1 nitrogen and oxygen atoms in total. The molecule has 0 aliphatic heterocycles. The van der Waals surface area contributed by atoms with Crippen molar-refractivity contribution in [2.75, 3.05) is 0 Å². The van der Waals surface area contributed by atoms with E-state index in [0.29, 0.717) is 0 Å². The Balaban J connectivity index is 0.000000640. The Kier molecular flexibility index (Phi) is 3.07. The summed E-state index contributed by atoms with van der Waals surface area (Å²) in [5.41, 5.74) is 1.41. The highest BCUT2D eigenvalue weighted by Crippen LogP contribution is 1.98. The molecule has 52 valence electrons. The first kappa shape index (κ1) is 8.28. The summed E-state index contributed by atoms with van der Waals surface area (Å²) in [6, 6.07) is 2.14. The third-order valence-corrected chi connectivity index (χ3v) is 1.30. The van der Waals surface area contributed by atoms with Crippen molar-refractivity contribution in [3.63, 3.8) is 0 Å². The number of hydrogen-bond donors (Lipinski definition) is 0. The molecule has 1 rings (SSSR count). The molecule has 0 spiro atoms. The zero-order valence-electron chi connectivity index (χ0n) is 5.39. The Labute approximate surface area is 57.3 Å². The average molecular weight is 125 g/mol. The van der Waals surface area contributed by atoms with Gasteiger partial charge in [0, 0.05) is 19.4 Å². The molecule has 0 N–H and O–H groups in total. The van der Waals surface area contributed by atoms with Crippen LogP contribution in [0, 0.1) is 0 Å². The highest BCUT2D eigenvalue weighted by Gasteiger charge is 1.86. The maximum absolute atomic E-state index is 2.16. The number of hydrogen-bond acceptors (Lipinski definition) is 0. The zero-order chi connectivity index (χ0) is 5.98. The lowest BCUT2D eigenvalue weighted by molar-refractivity contribution is 0.919. The monoisotopic (exact) mass is 125 g/mol. The molecule has 1 aromatic heterocycles. The molecule has 1 aromatic rings. The first-order chi connectivity index (χ1) is 3.83. The number of aromatic nitrogens is 1. The second-order valence-corrected chi connectivity index (χ2v) is 2.04. The third kappa shape index (κ3) is 1.92. The van der Waals surface area contributed by atoms with Gasteiger partial charge in [0.1, 0.15) is 0 Å². The van der Waals surface area contributed by atoms with Gasteiger partial charge in [-0.25, -0.2) is 0 Å². The van der Waals surface area contributed by atoms with Gasteiger partial charge in [0.05, 0.1) is 0 Å². The molecule has 0 atom stereocenters. The van der Waals surface area contributed by atoms with Crippen LogP contribution in [0.2, 0.25) is 0 Å². The molecule has 0 unspecified atom stereocenters. The summed E-state index contributed by atoms with van der Waals surface area (Å²) in [6.45, 7) is 2.16. The maximum Gasteiger partial charge on any atom is 0.0106 e. The van der Waals surface area contributed by atoms with Crippen molar-refractivity contribution in [1.82, 2.24) is 4.57 Å². The summed E-state index contributed by atoms with van der Waals surface area (Å²) in [7, 11) is 2.04. The van der Waals surface area contributed by atoms with Crippen molar-refractivity contribution in [2.24, 2.45) is 7.05 Å². The quantitative estimate of drug-likeness (QED) is 0.542. The fourth-order valence-corrected chi connectivity index (χ4v) is 0.770. The molecule has 0 saturated heterocycles. The van der Waals surface area contributed by atoms with E-state index in [1.54, 1.807) is 0 Å². The minimum atomic E-state index is 0. The molecule has 1 heterocycles. The van der Waals surface area contributed by atoms with Gasteiger partial charge in [-0.1, -0.05) is 14.4 Å². The van der Waals surface area contributed by atoms with Crippen LogP contribution in [0.25, 0.3) is 0 Å². The van der Waals surface area contributed by atoms with E-state index in [-0.39, 0.29) is 7.43 Å². The highest BCUT2D eigenvalue weighted by atomic mass is 14.9. The Morgan fingerprint density at radius 1 is 1.56 bits per heavy atom. The lowest BCUT2D eigenvalue weighted by Crippen LogP contribution is -1.78. The Morgan fingerprint density at radius 2 is 2.22 bits per heavy atom. The second kappa shape index (κ2) is 3.33. The number of nitrogens with zero attached hydrogens (tertiary/aromatic N) is 1. The van der Waals surface area contributed by atoms with Gasteiger partial charge in [0.2, 0.25) is 0 Å². The van der Waals surface area contributed by atoms with E-state index in [4.69, 9.17) is 0 Å². The van der Waals surface area contributed by atoms with E-state index in [1.807, 2.05) is 7.05 Å². The van der Waals surface area contributed by atoms with Crippen molar-refractivity contribution >= 4 is 0 Å². The fraction of sp³-hybridized carbons (Fsp3) is 0.500. The summed E-state index contributed by atoms with van der Waals surface area (Å²) in [5.74, 6) is 0. The van der Waals surface area contributed by atoms with Gasteiger partial charge < -0.3 is 4.57 Å². The van der Waals surface area contributed by atoms with Crippen LogP contribution < -0.4 is 0 Å². The summed E-state index contributed by atoms with van der Waals surface area (Å²) in [5, 5.41) is 0. The van der Waals surface area contributed by atoms with Gasteiger partial charge in [0.25, 0.3) is 0 Å². The molecular weight excluding hydrogens is 110 g/mol. The largest absolute Gasteiger partial charge is 0.357 e. The van der Waals surface area contributed by atoms with Crippen molar-refractivity contribution in [1.29, 1.82) is 0 Å². The third-order valence-electron chi connectivity index (χ3n) is 1.30. The van der Waals surface area contributed by atoms with Gasteiger partial charge >= 0.3 is 0 Å². The van der Waals surface area contributed by atoms with Crippen molar-refractivity contribution in [2.45, 2.75) is 20.8 Å². The molecule has 1 heteroatoms. The van der Waals surface area contributed by atoms with E-state index in [0.717, 1.165) is 6.42 Å². The van der Waals surface area contributed by atoms with Crippen LogP contribution in [0.1, 0.15) is 19.9 Å². The Bertz CT molecular complexity index is 165. The second-order valence-electron chi connectivity index (χ2n) is 2.04. The van der Waals surface area contributed by atoms with Gasteiger partial charge in [-0.2, -0.15) is 0 Å². The zero-order valence-corrected chi connectivity index (χ0v) is 5.39. The number of aryl methyl sites for hydroxylation is 2. The summed E-state index contributed by atoms with van der Waals surface area (Å²) in [4.78, 5) is 0. The van der Waals surface area contributed by atoms with Crippen molar-refractivity contribution in [3.8, 4) is 0 Å². The van der Waals surface area contributed by atoms with Crippen molar-refractivity contribution < 1.29 is 0 Å². The van der Waals surface area contributed by atoms with Gasteiger partial charge in [-0.05, 0) is 18.1 Å². The molecule has 0 aliphatic rings. The fourth-order valence-electron chi connectivity index (χ4n) is 0.770. The highest BCUT2D eigenvalue weighted by molar-refractivity contribution is 5.08. The first-order valence-corrected chi connectivity index (χ1v) is 2.93. The van der Waals surface area contributed by atoms with Crippen LogP contribution in [0.5, 0.6) is 0 Å². The molecule has 0 aromatic carbocycles. The lowest BCUT2D eigenvalue weighted by atomic mass is 10.3. The Morgan fingerprint density at radius 3 is 2.44 bits per heavy atom. The standard InChI is InChI=1S/C7H11N.CH4/c1-3-7-4-5-8(2)6-7;/h4-6H,3H2,1-2H3;1H4. The first-order valence-electron chi connectivity index (χ1n) is 2.93. The van der Waals surface area contributed by atoms with E-state index >= 15 is 0 Å². The molecule has 0 amide bonds. The average Bonchev–Trinajstić information content (AvgIpc) is 2.14. The van der Waals surface area contributed by atoms with Gasteiger partial charge in [0.15, 0.2) is 0 Å².